The van der Waals surface area contributed by atoms with Gasteiger partial charge >= 0.3 is 0 Å². The second-order valence-electron chi connectivity index (χ2n) is 6.35. The molecule has 0 unspecified atom stereocenters. The highest BCUT2D eigenvalue weighted by atomic mass is 32.1. The zero-order chi connectivity index (χ0) is 16.5. The smallest absolute Gasteiger partial charge is 0.243 e. The number of hydrogen-bond donors (Lipinski definition) is 1. The Morgan fingerprint density at radius 3 is 2.83 bits per heavy atom. The Hall–Kier alpha value is -2.15. The predicted molar refractivity (Wildman–Crippen MR) is 96.1 cm³/mol. The average Bonchev–Trinajstić information content (AvgIpc) is 3.15. The third-order valence-corrected chi connectivity index (χ3v) is 5.18. The molecule has 1 fully saturated rings. The van der Waals surface area contributed by atoms with Gasteiger partial charge in [0.05, 0.1) is 11.2 Å². The van der Waals surface area contributed by atoms with Gasteiger partial charge in [0.25, 0.3) is 0 Å². The molecule has 3 heterocycles. The van der Waals surface area contributed by atoms with E-state index in [4.69, 9.17) is 4.74 Å². The molecule has 1 aliphatic carbocycles. The Kier molecular flexibility index (Phi) is 4.10. The molecule has 6 nitrogen and oxygen atoms in total. The number of rotatable bonds is 4. The van der Waals surface area contributed by atoms with E-state index in [2.05, 4.69) is 19.7 Å². The maximum absolute atomic E-state index is 6.27. The molecule has 1 N–H and O–H groups in total. The van der Waals surface area contributed by atoms with Crippen LogP contribution in [-0.2, 0) is 7.05 Å². The van der Waals surface area contributed by atoms with E-state index in [9.17, 15) is 0 Å². The van der Waals surface area contributed by atoms with Gasteiger partial charge in [-0.15, -0.1) is 0 Å². The molecule has 0 saturated heterocycles. The molecular formula is C17H21N5OS. The lowest BCUT2D eigenvalue weighted by Gasteiger charge is -2.23. The normalized spacial score (nSPS) is 15.8. The van der Waals surface area contributed by atoms with Crippen molar-refractivity contribution in [1.29, 1.82) is 0 Å². The summed E-state index contributed by atoms with van der Waals surface area (Å²) in [6, 6.07) is 3.98. The molecule has 0 radical (unpaired) electrons. The zero-order valence-corrected chi connectivity index (χ0v) is 14.8. The summed E-state index contributed by atoms with van der Waals surface area (Å²) in [7, 11) is 2.00. The third kappa shape index (κ3) is 3.08. The van der Waals surface area contributed by atoms with Crippen molar-refractivity contribution < 1.29 is 4.74 Å². The van der Waals surface area contributed by atoms with Gasteiger partial charge in [-0.05, 0) is 56.3 Å². The minimum atomic E-state index is 0.255. The van der Waals surface area contributed by atoms with Crippen molar-refractivity contribution in [3.8, 4) is 5.88 Å². The second-order valence-corrected chi connectivity index (χ2v) is 7.15. The summed E-state index contributed by atoms with van der Waals surface area (Å²) in [5.41, 5.74) is 2.83. The topological polar surface area (TPSA) is 64.9 Å². The first-order valence-electron chi connectivity index (χ1n) is 8.39. The van der Waals surface area contributed by atoms with Crippen LogP contribution in [0.4, 0.5) is 10.9 Å². The molecule has 4 rings (SSSR count). The minimum absolute atomic E-state index is 0.255. The summed E-state index contributed by atoms with van der Waals surface area (Å²) in [4.78, 5) is 9.26. The van der Waals surface area contributed by atoms with Crippen LogP contribution in [0.1, 0.15) is 37.8 Å². The second kappa shape index (κ2) is 6.39. The molecule has 0 aromatic carbocycles. The number of aromatic nitrogens is 4. The summed E-state index contributed by atoms with van der Waals surface area (Å²) in [6.07, 6.45) is 8.23. The van der Waals surface area contributed by atoms with E-state index < -0.39 is 0 Å². The largest absolute Gasteiger partial charge is 0.473 e. The highest BCUT2D eigenvalue weighted by molar-refractivity contribution is 7.10. The highest BCUT2D eigenvalue weighted by Gasteiger charge is 2.19. The van der Waals surface area contributed by atoms with Crippen LogP contribution >= 0.6 is 11.5 Å². The number of aryl methyl sites for hydroxylation is 2. The Bertz CT molecular complexity index is 850. The standard InChI is InChI=1S/C17H21N5OS/c1-11-10-14(24-21-11)19-17-18-13-8-9-22(2)15(13)16(20-17)23-12-6-4-3-5-7-12/h8-10,12H,3-7H2,1-2H3,(H,18,19,20). The van der Waals surface area contributed by atoms with E-state index in [1.54, 1.807) is 0 Å². The minimum Gasteiger partial charge on any atom is -0.473 e. The van der Waals surface area contributed by atoms with Gasteiger partial charge in [0.2, 0.25) is 11.8 Å². The van der Waals surface area contributed by atoms with E-state index in [-0.39, 0.29) is 6.10 Å². The summed E-state index contributed by atoms with van der Waals surface area (Å²) in [6.45, 7) is 1.97. The fourth-order valence-electron chi connectivity index (χ4n) is 3.17. The Balaban J connectivity index is 1.68. The number of nitrogens with zero attached hydrogens (tertiary/aromatic N) is 4. The van der Waals surface area contributed by atoms with E-state index in [1.807, 2.05) is 36.9 Å². The van der Waals surface area contributed by atoms with Crippen LogP contribution in [0.3, 0.4) is 0 Å². The molecule has 7 heteroatoms. The number of anilines is 2. The lowest BCUT2D eigenvalue weighted by Crippen LogP contribution is -2.20. The number of nitrogens with one attached hydrogen (secondary N) is 1. The lowest BCUT2D eigenvalue weighted by atomic mass is 9.98. The molecule has 0 aliphatic heterocycles. The van der Waals surface area contributed by atoms with Crippen LogP contribution in [0.5, 0.6) is 5.88 Å². The molecule has 0 amide bonds. The van der Waals surface area contributed by atoms with Gasteiger partial charge in [-0.3, -0.25) is 0 Å². The molecule has 0 spiro atoms. The maximum atomic E-state index is 6.27. The van der Waals surface area contributed by atoms with Crippen LogP contribution in [0.15, 0.2) is 18.3 Å². The van der Waals surface area contributed by atoms with Crippen LogP contribution in [0.2, 0.25) is 0 Å². The number of hydrogen-bond acceptors (Lipinski definition) is 6. The molecule has 3 aromatic rings. The van der Waals surface area contributed by atoms with E-state index in [0.717, 1.165) is 34.6 Å². The predicted octanol–water partition coefficient (Wildman–Crippen LogP) is 4.19. The Labute approximate surface area is 145 Å². The molecule has 0 atom stereocenters. The first-order valence-corrected chi connectivity index (χ1v) is 9.16. The summed E-state index contributed by atoms with van der Waals surface area (Å²) in [5, 5.41) is 4.18. The molecule has 24 heavy (non-hydrogen) atoms. The Morgan fingerprint density at radius 1 is 1.25 bits per heavy atom. The molecule has 3 aromatic heterocycles. The molecule has 1 saturated carbocycles. The van der Waals surface area contributed by atoms with Crippen LogP contribution in [-0.4, -0.2) is 25.0 Å². The van der Waals surface area contributed by atoms with E-state index >= 15 is 0 Å². The lowest BCUT2D eigenvalue weighted by molar-refractivity contribution is 0.150. The monoisotopic (exact) mass is 343 g/mol. The van der Waals surface area contributed by atoms with Gasteiger partial charge < -0.3 is 14.6 Å². The zero-order valence-electron chi connectivity index (χ0n) is 14.0. The molecular weight excluding hydrogens is 322 g/mol. The fourth-order valence-corrected chi connectivity index (χ4v) is 3.82. The molecule has 126 valence electrons. The van der Waals surface area contributed by atoms with Gasteiger partial charge in [0.15, 0.2) is 0 Å². The van der Waals surface area contributed by atoms with Crippen molar-refractivity contribution in [3.05, 3.63) is 24.0 Å². The number of fused-ring (bicyclic) bond motifs is 1. The van der Waals surface area contributed by atoms with E-state index in [0.29, 0.717) is 11.8 Å². The summed E-state index contributed by atoms with van der Waals surface area (Å²) >= 11 is 1.41. The first-order chi connectivity index (χ1) is 11.7. The SMILES string of the molecule is Cc1cc(Nc2nc(OC3CCCCC3)c3c(ccn3C)n2)sn1. The van der Waals surface area contributed by atoms with E-state index in [1.165, 1.54) is 30.8 Å². The van der Waals surface area contributed by atoms with Gasteiger partial charge in [-0.1, -0.05) is 6.42 Å². The molecule has 1 aliphatic rings. The van der Waals surface area contributed by atoms with Crippen LogP contribution in [0, 0.1) is 6.92 Å². The summed E-state index contributed by atoms with van der Waals surface area (Å²) in [5.74, 6) is 1.23. The molecule has 0 bridgehead atoms. The van der Waals surface area contributed by atoms with Crippen molar-refractivity contribution in [2.24, 2.45) is 7.05 Å². The summed E-state index contributed by atoms with van der Waals surface area (Å²) < 4.78 is 12.6. The van der Waals surface area contributed by atoms with Gasteiger partial charge in [0.1, 0.15) is 16.6 Å². The van der Waals surface area contributed by atoms with Crippen molar-refractivity contribution in [2.75, 3.05) is 5.32 Å². The van der Waals surface area contributed by atoms with Gasteiger partial charge in [-0.25, -0.2) is 4.98 Å². The third-order valence-electron chi connectivity index (χ3n) is 4.38. The average molecular weight is 343 g/mol. The number of ether oxygens (including phenoxy) is 1. The van der Waals surface area contributed by atoms with Gasteiger partial charge in [0, 0.05) is 13.2 Å². The van der Waals surface area contributed by atoms with Crippen molar-refractivity contribution in [2.45, 2.75) is 45.1 Å². The highest BCUT2D eigenvalue weighted by Crippen LogP contribution is 2.30. The maximum Gasteiger partial charge on any atom is 0.243 e. The fraction of sp³-hybridized carbons (Fsp3) is 0.471. The van der Waals surface area contributed by atoms with Crippen molar-refractivity contribution in [1.82, 2.24) is 18.9 Å². The Morgan fingerprint density at radius 2 is 2.08 bits per heavy atom. The van der Waals surface area contributed by atoms with Crippen molar-refractivity contribution >= 4 is 33.5 Å². The quantitative estimate of drug-likeness (QED) is 0.769. The van der Waals surface area contributed by atoms with Gasteiger partial charge in [-0.2, -0.15) is 9.36 Å². The first kappa shape index (κ1) is 15.4. The van der Waals surface area contributed by atoms with Crippen LogP contribution < -0.4 is 10.1 Å². The van der Waals surface area contributed by atoms with Crippen molar-refractivity contribution in [3.63, 3.8) is 0 Å². The van der Waals surface area contributed by atoms with Crippen LogP contribution in [0.25, 0.3) is 11.0 Å².